The van der Waals surface area contributed by atoms with Crippen molar-refractivity contribution in [1.82, 2.24) is 9.29 Å². The lowest BCUT2D eigenvalue weighted by molar-refractivity contribution is -0.121. The van der Waals surface area contributed by atoms with Gasteiger partial charge in [-0.3, -0.25) is 9.59 Å². The van der Waals surface area contributed by atoms with E-state index in [1.807, 2.05) is 43.3 Å². The molecule has 1 heterocycles. The Morgan fingerprint density at radius 2 is 1.93 bits per heavy atom. The molecular weight excluding hydrogens is 424 g/mol. The van der Waals surface area contributed by atoms with Crippen LogP contribution in [-0.4, -0.2) is 30.2 Å². The SMILES string of the molecule is CCCNS(=O)(=O)c1ccc(=O)n(CC(=O)C2(Cl)C=CC(c3ccccc3)=CC2)c1. The lowest BCUT2D eigenvalue weighted by atomic mass is 9.89. The third-order valence-electron chi connectivity index (χ3n) is 4.84. The van der Waals surface area contributed by atoms with E-state index in [0.717, 1.165) is 21.8 Å². The minimum atomic E-state index is -3.75. The van der Waals surface area contributed by atoms with Crippen molar-refractivity contribution >= 4 is 33.0 Å². The predicted molar refractivity (Wildman–Crippen MR) is 118 cm³/mol. The molecule has 1 unspecified atom stereocenters. The van der Waals surface area contributed by atoms with Crippen molar-refractivity contribution in [2.45, 2.75) is 36.1 Å². The highest BCUT2D eigenvalue weighted by Crippen LogP contribution is 2.32. The van der Waals surface area contributed by atoms with Crippen LogP contribution in [0.3, 0.4) is 0 Å². The Bertz CT molecular complexity index is 1150. The topological polar surface area (TPSA) is 85.2 Å². The monoisotopic (exact) mass is 446 g/mol. The van der Waals surface area contributed by atoms with Gasteiger partial charge in [0, 0.05) is 18.8 Å². The van der Waals surface area contributed by atoms with Crippen LogP contribution in [0.15, 0.2) is 76.6 Å². The second-order valence-electron chi connectivity index (χ2n) is 7.08. The highest BCUT2D eigenvalue weighted by atomic mass is 35.5. The number of nitrogens with one attached hydrogen (secondary N) is 1. The van der Waals surface area contributed by atoms with Crippen molar-refractivity contribution in [3.8, 4) is 0 Å². The van der Waals surface area contributed by atoms with Crippen LogP contribution in [0.4, 0.5) is 0 Å². The smallest absolute Gasteiger partial charge is 0.250 e. The summed E-state index contributed by atoms with van der Waals surface area (Å²) in [6, 6.07) is 12.1. The van der Waals surface area contributed by atoms with Crippen molar-refractivity contribution in [2.75, 3.05) is 6.54 Å². The highest BCUT2D eigenvalue weighted by molar-refractivity contribution is 7.89. The molecule has 1 aromatic carbocycles. The number of carbonyl (C=O) groups is 1. The van der Waals surface area contributed by atoms with E-state index in [9.17, 15) is 18.0 Å². The van der Waals surface area contributed by atoms with Gasteiger partial charge in [-0.05, 0) is 30.0 Å². The van der Waals surface area contributed by atoms with Gasteiger partial charge in [0.15, 0.2) is 5.78 Å². The Hall–Kier alpha value is -2.48. The summed E-state index contributed by atoms with van der Waals surface area (Å²) >= 11 is 6.55. The first-order valence-electron chi connectivity index (χ1n) is 9.62. The Labute approximate surface area is 180 Å². The molecule has 0 bridgehead atoms. The maximum absolute atomic E-state index is 12.9. The summed E-state index contributed by atoms with van der Waals surface area (Å²) in [6.07, 6.45) is 7.40. The van der Waals surface area contributed by atoms with E-state index >= 15 is 0 Å². The molecule has 1 aliphatic rings. The first-order chi connectivity index (χ1) is 14.2. The summed E-state index contributed by atoms with van der Waals surface area (Å²) in [5.41, 5.74) is 1.51. The number of ketones is 1. The van der Waals surface area contributed by atoms with Gasteiger partial charge in [-0.1, -0.05) is 55.5 Å². The molecule has 3 rings (SSSR count). The van der Waals surface area contributed by atoms with Gasteiger partial charge in [0.25, 0.3) is 5.56 Å². The average molecular weight is 447 g/mol. The molecule has 6 nitrogen and oxygen atoms in total. The van der Waals surface area contributed by atoms with Crippen LogP contribution < -0.4 is 10.3 Å². The summed E-state index contributed by atoms with van der Waals surface area (Å²) in [5, 5.41) is 0. The lowest BCUT2D eigenvalue weighted by Gasteiger charge is -2.24. The molecule has 0 radical (unpaired) electrons. The van der Waals surface area contributed by atoms with Crippen LogP contribution >= 0.6 is 11.6 Å². The van der Waals surface area contributed by atoms with Crippen LogP contribution in [0.25, 0.3) is 5.57 Å². The van der Waals surface area contributed by atoms with Gasteiger partial charge < -0.3 is 4.57 Å². The van der Waals surface area contributed by atoms with E-state index in [-0.39, 0.29) is 30.2 Å². The molecule has 0 spiro atoms. The zero-order valence-corrected chi connectivity index (χ0v) is 18.1. The molecule has 0 saturated heterocycles. The van der Waals surface area contributed by atoms with Crippen LogP contribution in [-0.2, 0) is 21.4 Å². The van der Waals surface area contributed by atoms with Crippen LogP contribution in [0.2, 0.25) is 0 Å². The molecule has 2 aromatic rings. The quantitative estimate of drug-likeness (QED) is 0.631. The van der Waals surface area contributed by atoms with E-state index in [2.05, 4.69) is 4.72 Å². The van der Waals surface area contributed by atoms with E-state index in [1.54, 1.807) is 12.2 Å². The molecule has 1 atom stereocenters. The molecule has 0 amide bonds. The fraction of sp³-hybridized carbons (Fsp3) is 0.273. The second-order valence-corrected chi connectivity index (χ2v) is 9.52. The summed E-state index contributed by atoms with van der Waals surface area (Å²) in [7, 11) is -3.75. The maximum atomic E-state index is 12.9. The van der Waals surface area contributed by atoms with Crippen LogP contribution in [0, 0.1) is 0 Å². The number of aromatic nitrogens is 1. The van der Waals surface area contributed by atoms with Gasteiger partial charge >= 0.3 is 0 Å². The molecule has 158 valence electrons. The maximum Gasteiger partial charge on any atom is 0.250 e. The van der Waals surface area contributed by atoms with Gasteiger partial charge in [0.1, 0.15) is 4.87 Å². The molecular formula is C22H23ClN2O4S. The van der Waals surface area contributed by atoms with Crippen molar-refractivity contribution in [3.05, 3.63) is 82.8 Å². The van der Waals surface area contributed by atoms with Crippen molar-refractivity contribution < 1.29 is 13.2 Å². The third kappa shape index (κ3) is 4.98. The van der Waals surface area contributed by atoms with Gasteiger partial charge in [-0.15, -0.1) is 11.6 Å². The molecule has 1 aliphatic carbocycles. The van der Waals surface area contributed by atoms with Crippen molar-refractivity contribution in [2.24, 2.45) is 0 Å². The standard InChI is InChI=1S/C22H23ClN2O4S/c1-2-14-24-30(28,29)19-8-9-21(27)25(15-19)16-20(26)22(23)12-10-18(11-13-22)17-6-4-3-5-7-17/h3-12,15,24H,2,13-14,16H2,1H3. The number of allylic oxidation sites excluding steroid dienone is 4. The van der Waals surface area contributed by atoms with Crippen LogP contribution in [0.5, 0.6) is 0 Å². The van der Waals surface area contributed by atoms with Gasteiger partial charge in [0.2, 0.25) is 10.0 Å². The number of hydrogen-bond acceptors (Lipinski definition) is 4. The zero-order chi connectivity index (χ0) is 21.8. The summed E-state index contributed by atoms with van der Waals surface area (Å²) in [6.45, 7) is 1.81. The molecule has 1 N–H and O–H groups in total. The first-order valence-corrected chi connectivity index (χ1v) is 11.5. The Morgan fingerprint density at radius 1 is 1.20 bits per heavy atom. The number of rotatable bonds is 8. The molecule has 30 heavy (non-hydrogen) atoms. The van der Waals surface area contributed by atoms with Crippen LogP contribution in [0.1, 0.15) is 25.3 Å². The Balaban J connectivity index is 1.78. The third-order valence-corrected chi connectivity index (χ3v) is 6.78. The zero-order valence-electron chi connectivity index (χ0n) is 16.5. The number of nitrogens with zero attached hydrogens (tertiary/aromatic N) is 1. The van der Waals surface area contributed by atoms with Gasteiger partial charge in [0.05, 0.1) is 11.4 Å². The Morgan fingerprint density at radius 3 is 2.57 bits per heavy atom. The number of Topliss-reactive ketones (excluding diaryl/α,β-unsaturated/α-hetero) is 1. The summed E-state index contributed by atoms with van der Waals surface area (Å²) < 4.78 is 28.2. The number of carbonyl (C=O) groups excluding carboxylic acids is 1. The van der Waals surface area contributed by atoms with E-state index in [4.69, 9.17) is 11.6 Å². The minimum Gasteiger partial charge on any atom is -0.307 e. The first kappa shape index (κ1) is 22.2. The second kappa shape index (κ2) is 9.12. The van der Waals surface area contributed by atoms with E-state index < -0.39 is 20.5 Å². The average Bonchev–Trinajstić information content (AvgIpc) is 2.75. The molecule has 8 heteroatoms. The largest absolute Gasteiger partial charge is 0.307 e. The van der Waals surface area contributed by atoms with Crippen molar-refractivity contribution in [1.29, 1.82) is 0 Å². The van der Waals surface area contributed by atoms with Gasteiger partial charge in [-0.25, -0.2) is 13.1 Å². The fourth-order valence-electron chi connectivity index (χ4n) is 3.07. The highest BCUT2D eigenvalue weighted by Gasteiger charge is 2.34. The number of alkyl halides is 1. The lowest BCUT2D eigenvalue weighted by Crippen LogP contribution is -2.37. The predicted octanol–water partition coefficient (Wildman–Crippen LogP) is 3.13. The Kier molecular flexibility index (Phi) is 6.75. The molecule has 0 fully saturated rings. The van der Waals surface area contributed by atoms with Gasteiger partial charge in [-0.2, -0.15) is 0 Å². The van der Waals surface area contributed by atoms with E-state index in [1.165, 1.54) is 12.3 Å². The minimum absolute atomic E-state index is 0.0718. The number of pyridine rings is 1. The fourth-order valence-corrected chi connectivity index (χ4v) is 4.42. The van der Waals surface area contributed by atoms with E-state index in [0.29, 0.717) is 6.42 Å². The molecule has 1 aromatic heterocycles. The number of sulfonamides is 1. The molecule has 0 aliphatic heterocycles. The summed E-state index contributed by atoms with van der Waals surface area (Å²) in [4.78, 5) is 23.7. The normalized spacial score (nSPS) is 18.8. The number of benzene rings is 1. The number of halogens is 1. The molecule has 0 saturated carbocycles. The number of hydrogen-bond donors (Lipinski definition) is 1. The van der Waals surface area contributed by atoms with Crippen molar-refractivity contribution in [3.63, 3.8) is 0 Å². The summed E-state index contributed by atoms with van der Waals surface area (Å²) in [5.74, 6) is -0.387.